The van der Waals surface area contributed by atoms with E-state index in [0.717, 1.165) is 24.1 Å². The Labute approximate surface area is 161 Å². The van der Waals surface area contributed by atoms with Crippen LogP contribution in [0.2, 0.25) is 0 Å². The normalized spacial score (nSPS) is 12.6. The minimum Gasteiger partial charge on any atom is -0.378 e. The number of nitrogens with zero attached hydrogens (tertiary/aromatic N) is 3. The number of benzene rings is 1. The Bertz CT molecular complexity index is 613. The van der Waals surface area contributed by atoms with E-state index in [1.54, 1.807) is 11.4 Å². The van der Waals surface area contributed by atoms with Gasteiger partial charge in [-0.25, -0.2) is 0 Å². The fourth-order valence-electron chi connectivity index (χ4n) is 2.58. The van der Waals surface area contributed by atoms with Crippen molar-refractivity contribution in [1.29, 1.82) is 0 Å². The van der Waals surface area contributed by atoms with Crippen LogP contribution in [-0.4, -0.2) is 51.3 Å². The first-order valence-electron chi connectivity index (χ1n) is 9.51. The van der Waals surface area contributed by atoms with Gasteiger partial charge in [0, 0.05) is 46.5 Å². The van der Waals surface area contributed by atoms with Crippen LogP contribution in [0.3, 0.4) is 0 Å². The summed E-state index contributed by atoms with van der Waals surface area (Å²) in [7, 11) is 2.20. The lowest BCUT2D eigenvalue weighted by Gasteiger charge is -2.29. The molecule has 150 valence electrons. The molecule has 0 N–H and O–H groups in total. The smallest absolute Gasteiger partial charge is 0.282 e. The van der Waals surface area contributed by atoms with Crippen LogP contribution < -0.4 is 4.90 Å². The van der Waals surface area contributed by atoms with E-state index in [1.807, 2.05) is 43.3 Å². The number of anilines is 1. The summed E-state index contributed by atoms with van der Waals surface area (Å²) in [4.78, 5) is 2.03. The Morgan fingerprint density at radius 3 is 1.69 bits per heavy atom. The van der Waals surface area contributed by atoms with Crippen molar-refractivity contribution in [1.82, 2.24) is 8.61 Å². The molecule has 0 saturated heterocycles. The molecule has 0 radical (unpaired) electrons. The van der Waals surface area contributed by atoms with Gasteiger partial charge < -0.3 is 4.90 Å². The summed E-state index contributed by atoms with van der Waals surface area (Å²) in [5.74, 6) is 0.964. The summed E-state index contributed by atoms with van der Waals surface area (Å²) in [5.41, 5.74) is 2.10. The summed E-state index contributed by atoms with van der Waals surface area (Å²) in [6.07, 6.45) is 1.76. The standard InChI is InChI=1S/C20H37N3O2S/c1-17(2)12-14-23(15-13-18(3)4)26(24,25)22(7)16-19-8-10-20(11-9-19)21(5)6/h8-11,17-18H,12-16H2,1-7H3. The third-order valence-electron chi connectivity index (χ3n) is 4.49. The molecule has 0 unspecified atom stereocenters. The van der Waals surface area contributed by atoms with Crippen molar-refractivity contribution in [2.75, 3.05) is 39.1 Å². The predicted molar refractivity (Wildman–Crippen MR) is 112 cm³/mol. The lowest BCUT2D eigenvalue weighted by Crippen LogP contribution is -2.43. The first-order chi connectivity index (χ1) is 12.0. The van der Waals surface area contributed by atoms with Gasteiger partial charge in [0.2, 0.25) is 0 Å². The van der Waals surface area contributed by atoms with Crippen molar-refractivity contribution < 1.29 is 8.42 Å². The van der Waals surface area contributed by atoms with Gasteiger partial charge in [-0.2, -0.15) is 17.0 Å². The van der Waals surface area contributed by atoms with Crippen molar-refractivity contribution in [2.45, 2.75) is 47.1 Å². The molecule has 0 heterocycles. The van der Waals surface area contributed by atoms with Gasteiger partial charge in [0.15, 0.2) is 0 Å². The van der Waals surface area contributed by atoms with E-state index in [4.69, 9.17) is 0 Å². The molecule has 0 aromatic heterocycles. The molecule has 0 aliphatic heterocycles. The maximum atomic E-state index is 13.1. The Morgan fingerprint density at radius 2 is 1.31 bits per heavy atom. The average molecular weight is 384 g/mol. The van der Waals surface area contributed by atoms with Gasteiger partial charge in [-0.3, -0.25) is 0 Å². The molecule has 0 bridgehead atoms. The summed E-state index contributed by atoms with van der Waals surface area (Å²) in [6.45, 7) is 10.1. The maximum Gasteiger partial charge on any atom is 0.282 e. The highest BCUT2D eigenvalue weighted by molar-refractivity contribution is 7.86. The van der Waals surface area contributed by atoms with Crippen LogP contribution in [0.1, 0.15) is 46.1 Å². The van der Waals surface area contributed by atoms with Crippen LogP contribution in [0.4, 0.5) is 5.69 Å². The lowest BCUT2D eigenvalue weighted by molar-refractivity contribution is 0.324. The predicted octanol–water partition coefficient (Wildman–Crippen LogP) is 3.82. The number of hydrogen-bond donors (Lipinski definition) is 0. The van der Waals surface area contributed by atoms with Crippen molar-refractivity contribution in [3.8, 4) is 0 Å². The third kappa shape index (κ3) is 7.25. The zero-order chi connectivity index (χ0) is 19.9. The molecular formula is C20H37N3O2S. The molecule has 0 atom stereocenters. The van der Waals surface area contributed by atoms with Gasteiger partial charge in [-0.1, -0.05) is 39.8 Å². The molecule has 6 heteroatoms. The lowest BCUT2D eigenvalue weighted by atomic mass is 10.1. The van der Waals surface area contributed by atoms with Crippen molar-refractivity contribution in [3.05, 3.63) is 29.8 Å². The molecule has 1 aromatic rings. The maximum absolute atomic E-state index is 13.1. The molecule has 0 spiro atoms. The number of hydrogen-bond acceptors (Lipinski definition) is 3. The van der Waals surface area contributed by atoms with Crippen LogP contribution in [0.5, 0.6) is 0 Å². The van der Waals surface area contributed by atoms with E-state index in [2.05, 4.69) is 27.7 Å². The van der Waals surface area contributed by atoms with E-state index in [-0.39, 0.29) is 0 Å². The zero-order valence-corrected chi connectivity index (χ0v) is 18.4. The van der Waals surface area contributed by atoms with Crippen LogP contribution in [-0.2, 0) is 16.8 Å². The SMILES string of the molecule is CC(C)CCN(CCC(C)C)S(=O)(=O)N(C)Cc1ccc(N(C)C)cc1. The second kappa shape index (κ2) is 10.3. The highest BCUT2D eigenvalue weighted by atomic mass is 32.2. The fourth-order valence-corrected chi connectivity index (χ4v) is 3.96. The summed E-state index contributed by atoms with van der Waals surface area (Å²) < 4.78 is 29.3. The van der Waals surface area contributed by atoms with E-state index in [9.17, 15) is 8.42 Å². The summed E-state index contributed by atoms with van der Waals surface area (Å²) in [5, 5.41) is 0. The Hall–Kier alpha value is -1.11. The van der Waals surface area contributed by atoms with E-state index in [1.165, 1.54) is 4.31 Å². The average Bonchev–Trinajstić information content (AvgIpc) is 2.54. The van der Waals surface area contributed by atoms with Gasteiger partial charge in [-0.15, -0.1) is 0 Å². The highest BCUT2D eigenvalue weighted by Gasteiger charge is 2.27. The second-order valence-electron chi connectivity index (χ2n) is 8.09. The second-order valence-corrected chi connectivity index (χ2v) is 10.1. The van der Waals surface area contributed by atoms with Crippen LogP contribution >= 0.6 is 0 Å². The molecule has 26 heavy (non-hydrogen) atoms. The van der Waals surface area contributed by atoms with Crippen LogP contribution in [0.15, 0.2) is 24.3 Å². The topological polar surface area (TPSA) is 43.9 Å². The quantitative estimate of drug-likeness (QED) is 0.583. The van der Waals surface area contributed by atoms with E-state index >= 15 is 0 Å². The Kier molecular flexibility index (Phi) is 9.07. The van der Waals surface area contributed by atoms with E-state index < -0.39 is 10.2 Å². The molecule has 1 rings (SSSR count). The highest BCUT2D eigenvalue weighted by Crippen LogP contribution is 2.18. The summed E-state index contributed by atoms with van der Waals surface area (Å²) in [6, 6.07) is 8.03. The molecule has 0 aliphatic carbocycles. The minimum atomic E-state index is -3.46. The van der Waals surface area contributed by atoms with Crippen LogP contribution in [0, 0.1) is 11.8 Å². The molecule has 0 saturated carbocycles. The Balaban J connectivity index is 2.86. The van der Waals surface area contributed by atoms with Crippen molar-refractivity contribution >= 4 is 15.9 Å². The van der Waals surface area contributed by atoms with Crippen LogP contribution in [0.25, 0.3) is 0 Å². The van der Waals surface area contributed by atoms with Gasteiger partial charge in [0.05, 0.1) is 0 Å². The largest absolute Gasteiger partial charge is 0.378 e. The number of rotatable bonds is 11. The fraction of sp³-hybridized carbons (Fsp3) is 0.700. The van der Waals surface area contributed by atoms with Crippen molar-refractivity contribution in [3.63, 3.8) is 0 Å². The molecular weight excluding hydrogens is 346 g/mol. The molecule has 0 fully saturated rings. The Morgan fingerprint density at radius 1 is 0.846 bits per heavy atom. The molecule has 0 aliphatic rings. The molecule has 0 amide bonds. The molecule has 5 nitrogen and oxygen atoms in total. The summed E-state index contributed by atoms with van der Waals surface area (Å²) >= 11 is 0. The first kappa shape index (κ1) is 22.9. The van der Waals surface area contributed by atoms with Gasteiger partial charge in [-0.05, 0) is 42.4 Å². The van der Waals surface area contributed by atoms with Gasteiger partial charge >= 0.3 is 0 Å². The monoisotopic (exact) mass is 383 g/mol. The third-order valence-corrected chi connectivity index (χ3v) is 6.42. The van der Waals surface area contributed by atoms with Gasteiger partial charge in [0.1, 0.15) is 0 Å². The first-order valence-corrected chi connectivity index (χ1v) is 10.9. The van der Waals surface area contributed by atoms with Crippen molar-refractivity contribution in [2.24, 2.45) is 11.8 Å². The van der Waals surface area contributed by atoms with Gasteiger partial charge in [0.25, 0.3) is 10.2 Å². The minimum absolute atomic E-state index is 0.385. The molecule has 1 aromatic carbocycles. The van der Waals surface area contributed by atoms with E-state index in [0.29, 0.717) is 31.5 Å². The zero-order valence-electron chi connectivity index (χ0n) is 17.6.